The summed E-state index contributed by atoms with van der Waals surface area (Å²) in [6.07, 6.45) is 6.33. The maximum Gasteiger partial charge on any atom is 0.243 e. The molecule has 166 valence electrons. The zero-order valence-corrected chi connectivity index (χ0v) is 19.3. The van der Waals surface area contributed by atoms with Gasteiger partial charge in [0.25, 0.3) is 0 Å². The van der Waals surface area contributed by atoms with Crippen LogP contribution in [0.4, 0.5) is 0 Å². The average molecular weight is 450 g/mol. The summed E-state index contributed by atoms with van der Waals surface area (Å²) in [6, 6.07) is 13.4. The fourth-order valence-corrected chi connectivity index (χ4v) is 6.84. The van der Waals surface area contributed by atoms with Crippen molar-refractivity contribution in [2.24, 2.45) is 5.92 Å². The number of H-pyrrole nitrogens is 1. The molecule has 3 heterocycles. The van der Waals surface area contributed by atoms with Gasteiger partial charge >= 0.3 is 0 Å². The maximum absolute atomic E-state index is 13.4. The van der Waals surface area contributed by atoms with Gasteiger partial charge in [0.15, 0.2) is 0 Å². The first-order valence-corrected chi connectivity index (χ1v) is 12.2. The number of aromatic amines is 1. The highest BCUT2D eigenvalue weighted by Crippen LogP contribution is 2.38. The number of fused-ring (bicyclic) bond motifs is 1. The highest BCUT2D eigenvalue weighted by Gasteiger charge is 2.45. The van der Waals surface area contributed by atoms with E-state index in [1.54, 1.807) is 28.7 Å². The lowest BCUT2D eigenvalue weighted by Crippen LogP contribution is -2.42. The van der Waals surface area contributed by atoms with Gasteiger partial charge in [0, 0.05) is 35.8 Å². The van der Waals surface area contributed by atoms with Gasteiger partial charge in [0.05, 0.1) is 22.8 Å². The molecule has 0 aliphatic carbocycles. The third-order valence-corrected chi connectivity index (χ3v) is 8.44. The van der Waals surface area contributed by atoms with E-state index < -0.39 is 15.6 Å². The lowest BCUT2D eigenvalue weighted by molar-refractivity contribution is 0.291. The molecule has 5 rings (SSSR count). The predicted molar refractivity (Wildman–Crippen MR) is 125 cm³/mol. The largest absolute Gasteiger partial charge is 0.285 e. The van der Waals surface area contributed by atoms with E-state index in [0.717, 1.165) is 34.0 Å². The number of benzene rings is 2. The highest BCUT2D eigenvalue weighted by molar-refractivity contribution is 7.89. The lowest BCUT2D eigenvalue weighted by atomic mass is 9.97. The van der Waals surface area contributed by atoms with E-state index in [4.69, 9.17) is 0 Å². The number of aromatic nitrogens is 4. The topological polar surface area (TPSA) is 83.9 Å². The molecule has 1 unspecified atom stereocenters. The van der Waals surface area contributed by atoms with Crippen LogP contribution in [0.15, 0.2) is 66.0 Å². The van der Waals surface area contributed by atoms with Gasteiger partial charge in [0.1, 0.15) is 0 Å². The number of rotatable bonds is 5. The first kappa shape index (κ1) is 20.9. The molecule has 0 amide bonds. The molecule has 2 aromatic heterocycles. The Balaban J connectivity index is 1.39. The smallest absolute Gasteiger partial charge is 0.243 e. The van der Waals surface area contributed by atoms with Gasteiger partial charge < -0.3 is 0 Å². The fourth-order valence-electron chi connectivity index (χ4n) is 4.87. The van der Waals surface area contributed by atoms with Crippen molar-refractivity contribution in [2.75, 3.05) is 6.54 Å². The Kier molecular flexibility index (Phi) is 4.94. The summed E-state index contributed by atoms with van der Waals surface area (Å²) in [5, 5.41) is 12.5. The van der Waals surface area contributed by atoms with Gasteiger partial charge in [-0.3, -0.25) is 9.78 Å². The van der Waals surface area contributed by atoms with Crippen molar-refractivity contribution in [2.45, 2.75) is 44.2 Å². The molecule has 8 heteroatoms. The van der Waals surface area contributed by atoms with Crippen LogP contribution in [0.25, 0.3) is 22.0 Å². The minimum absolute atomic E-state index is 0.182. The Morgan fingerprint density at radius 3 is 2.72 bits per heavy atom. The van der Waals surface area contributed by atoms with Gasteiger partial charge in [-0.25, -0.2) is 8.42 Å². The normalized spacial score (nSPS) is 19.0. The van der Waals surface area contributed by atoms with Gasteiger partial charge in [-0.15, -0.1) is 0 Å². The van der Waals surface area contributed by atoms with Crippen LogP contribution in [0.2, 0.25) is 0 Å². The summed E-state index contributed by atoms with van der Waals surface area (Å²) in [6.45, 7) is 7.10. The number of nitrogens with one attached hydrogen (secondary N) is 1. The number of sulfonamides is 1. The zero-order chi connectivity index (χ0) is 22.5. The SMILES string of the molecule is Cc1cccc(S(=O)(=O)N2CC(Cn3ncc4cc(-c5cn[nH]c5)ccc43)CC2(C)C)c1. The molecule has 0 bridgehead atoms. The molecule has 0 saturated carbocycles. The summed E-state index contributed by atoms with van der Waals surface area (Å²) in [4.78, 5) is 0.363. The van der Waals surface area contributed by atoms with E-state index in [9.17, 15) is 8.42 Å². The van der Waals surface area contributed by atoms with Gasteiger partial charge in [-0.1, -0.05) is 18.2 Å². The molecule has 1 atom stereocenters. The van der Waals surface area contributed by atoms with Crippen LogP contribution in [0.1, 0.15) is 25.8 Å². The molecule has 32 heavy (non-hydrogen) atoms. The zero-order valence-electron chi connectivity index (χ0n) is 18.5. The van der Waals surface area contributed by atoms with E-state index in [0.29, 0.717) is 18.0 Å². The minimum atomic E-state index is -3.56. The molecule has 7 nitrogen and oxygen atoms in total. The monoisotopic (exact) mass is 449 g/mol. The van der Waals surface area contributed by atoms with Crippen molar-refractivity contribution in [3.63, 3.8) is 0 Å². The van der Waals surface area contributed by atoms with Crippen LogP contribution < -0.4 is 0 Å². The van der Waals surface area contributed by atoms with E-state index in [-0.39, 0.29) is 5.92 Å². The standard InChI is InChI=1S/C24H27N5O2S/c1-17-5-4-6-22(9-17)32(30,31)29-16-18(11-24(29,2)3)15-28-23-8-7-19(10-20(23)14-27-28)21-12-25-26-13-21/h4-10,12-14,18H,11,15-16H2,1-3H3,(H,25,26). The van der Waals surface area contributed by atoms with Crippen LogP contribution >= 0.6 is 0 Å². The van der Waals surface area contributed by atoms with Crippen LogP contribution in [-0.4, -0.2) is 44.8 Å². The first-order chi connectivity index (χ1) is 15.2. The van der Waals surface area contributed by atoms with Crippen LogP contribution in [-0.2, 0) is 16.6 Å². The van der Waals surface area contributed by atoms with Crippen LogP contribution in [0.5, 0.6) is 0 Å². The predicted octanol–water partition coefficient (Wildman–Crippen LogP) is 4.22. The third-order valence-electron chi connectivity index (χ3n) is 6.37. The Morgan fingerprint density at radius 1 is 1.12 bits per heavy atom. The van der Waals surface area contributed by atoms with Crippen LogP contribution in [0, 0.1) is 12.8 Å². The van der Waals surface area contributed by atoms with Crippen LogP contribution in [0.3, 0.4) is 0 Å². The van der Waals surface area contributed by atoms with E-state index in [2.05, 4.69) is 33.5 Å². The molecule has 1 fully saturated rings. The Labute approximate surface area is 188 Å². The maximum atomic E-state index is 13.4. The number of aryl methyl sites for hydroxylation is 1. The molecular formula is C24H27N5O2S. The molecule has 1 saturated heterocycles. The number of nitrogens with zero attached hydrogens (tertiary/aromatic N) is 4. The van der Waals surface area contributed by atoms with Crippen molar-refractivity contribution in [1.29, 1.82) is 0 Å². The van der Waals surface area contributed by atoms with Gasteiger partial charge in [-0.2, -0.15) is 14.5 Å². The van der Waals surface area contributed by atoms with Gasteiger partial charge in [-0.05, 0) is 68.5 Å². The lowest BCUT2D eigenvalue weighted by Gasteiger charge is -2.30. The molecule has 1 N–H and O–H groups in total. The summed E-state index contributed by atoms with van der Waals surface area (Å²) in [5.41, 5.74) is 3.66. The average Bonchev–Trinajstić information content (AvgIpc) is 3.47. The van der Waals surface area contributed by atoms with Crippen molar-refractivity contribution < 1.29 is 8.42 Å². The highest BCUT2D eigenvalue weighted by atomic mass is 32.2. The summed E-state index contributed by atoms with van der Waals surface area (Å²) < 4.78 is 30.5. The molecule has 1 aliphatic heterocycles. The third kappa shape index (κ3) is 3.63. The van der Waals surface area contributed by atoms with Crippen molar-refractivity contribution >= 4 is 20.9 Å². The summed E-state index contributed by atoms with van der Waals surface area (Å²) in [7, 11) is -3.56. The van der Waals surface area contributed by atoms with E-state index in [1.165, 1.54) is 0 Å². The van der Waals surface area contributed by atoms with Gasteiger partial charge in [0.2, 0.25) is 10.0 Å². The summed E-state index contributed by atoms with van der Waals surface area (Å²) >= 11 is 0. The molecule has 4 aromatic rings. The van der Waals surface area contributed by atoms with E-state index >= 15 is 0 Å². The fraction of sp³-hybridized carbons (Fsp3) is 0.333. The second-order valence-corrected chi connectivity index (χ2v) is 11.2. The second-order valence-electron chi connectivity index (χ2n) is 9.32. The molecule has 2 aromatic carbocycles. The molecule has 0 radical (unpaired) electrons. The first-order valence-electron chi connectivity index (χ1n) is 10.8. The molecular weight excluding hydrogens is 422 g/mol. The quantitative estimate of drug-likeness (QED) is 0.494. The van der Waals surface area contributed by atoms with Crippen molar-refractivity contribution in [3.8, 4) is 11.1 Å². The Morgan fingerprint density at radius 2 is 1.97 bits per heavy atom. The molecule has 1 aliphatic rings. The number of hydrogen-bond donors (Lipinski definition) is 1. The minimum Gasteiger partial charge on any atom is -0.285 e. The number of hydrogen-bond acceptors (Lipinski definition) is 4. The summed E-state index contributed by atoms with van der Waals surface area (Å²) in [5.74, 6) is 0.182. The van der Waals surface area contributed by atoms with Crippen molar-refractivity contribution in [1.82, 2.24) is 24.3 Å². The van der Waals surface area contributed by atoms with Crippen molar-refractivity contribution in [3.05, 3.63) is 66.6 Å². The van der Waals surface area contributed by atoms with E-state index in [1.807, 2.05) is 43.9 Å². The Bertz CT molecular complexity index is 1370. The second kappa shape index (κ2) is 7.56. The molecule has 0 spiro atoms. The Hall–Kier alpha value is -2.97.